The third kappa shape index (κ3) is 2.28. The molecule has 0 fully saturated rings. The lowest BCUT2D eigenvalue weighted by atomic mass is 10.2. The Morgan fingerprint density at radius 1 is 1.31 bits per heavy atom. The Kier molecular flexibility index (Phi) is 3.31. The number of allylic oxidation sites excluding steroid dienone is 1. The van der Waals surface area contributed by atoms with Gasteiger partial charge in [-0.25, -0.2) is 0 Å². The van der Waals surface area contributed by atoms with Gasteiger partial charge in [-0.2, -0.15) is 0 Å². The topological polar surface area (TPSA) is 15.3 Å². The highest BCUT2D eigenvalue weighted by Crippen LogP contribution is 2.37. The van der Waals surface area contributed by atoms with Gasteiger partial charge in [-0.3, -0.25) is 0 Å². The fourth-order valence-electron chi connectivity index (χ4n) is 1.83. The van der Waals surface area contributed by atoms with Gasteiger partial charge in [-0.1, -0.05) is 30.3 Å². The van der Waals surface area contributed by atoms with Gasteiger partial charge in [0.2, 0.25) is 0 Å². The highest BCUT2D eigenvalue weighted by molar-refractivity contribution is 9.12. The summed E-state index contributed by atoms with van der Waals surface area (Å²) >= 11 is 7.31. The molecule has 0 aliphatic carbocycles. The normalized spacial score (nSPS) is 24.9. The van der Waals surface area contributed by atoms with Crippen LogP contribution in [0.25, 0.3) is 0 Å². The van der Waals surface area contributed by atoms with E-state index in [1.165, 1.54) is 5.56 Å². The number of rotatable bonds is 2. The van der Waals surface area contributed by atoms with Crippen molar-refractivity contribution in [1.82, 2.24) is 10.2 Å². The van der Waals surface area contributed by atoms with E-state index in [4.69, 9.17) is 0 Å². The highest BCUT2D eigenvalue weighted by atomic mass is 79.9. The van der Waals surface area contributed by atoms with Crippen molar-refractivity contribution in [3.8, 4) is 0 Å². The minimum atomic E-state index is -0.217. The molecule has 1 aromatic carbocycles. The maximum atomic E-state index is 3.69. The number of benzene rings is 1. The minimum Gasteiger partial charge on any atom is -0.355 e. The van der Waals surface area contributed by atoms with E-state index in [9.17, 15) is 0 Å². The number of nitrogens with one attached hydrogen (secondary N) is 1. The zero-order valence-electron chi connectivity index (χ0n) is 9.30. The van der Waals surface area contributed by atoms with Gasteiger partial charge in [-0.15, -0.1) is 0 Å². The Bertz CT molecular complexity index is 412. The summed E-state index contributed by atoms with van der Waals surface area (Å²) in [7, 11) is 0. The van der Waals surface area contributed by atoms with Crippen LogP contribution in [0.1, 0.15) is 19.4 Å². The molecule has 0 aromatic heterocycles. The van der Waals surface area contributed by atoms with Crippen molar-refractivity contribution in [3.05, 3.63) is 46.2 Å². The lowest BCUT2D eigenvalue weighted by Crippen LogP contribution is -2.43. The van der Waals surface area contributed by atoms with Crippen LogP contribution >= 0.6 is 31.9 Å². The Morgan fingerprint density at radius 2 is 1.94 bits per heavy atom. The van der Waals surface area contributed by atoms with E-state index in [2.05, 4.69) is 80.2 Å². The highest BCUT2D eigenvalue weighted by Gasteiger charge is 2.36. The molecule has 2 nitrogen and oxygen atoms in total. The molecular weight excluding hydrogens is 332 g/mol. The van der Waals surface area contributed by atoms with Crippen LogP contribution in [0.15, 0.2) is 40.6 Å². The Balaban J connectivity index is 2.21. The van der Waals surface area contributed by atoms with Crippen LogP contribution in [0.3, 0.4) is 0 Å². The van der Waals surface area contributed by atoms with E-state index in [0.29, 0.717) is 0 Å². The van der Waals surface area contributed by atoms with Gasteiger partial charge in [0.05, 0.1) is 0 Å². The molecule has 0 amide bonds. The van der Waals surface area contributed by atoms with Crippen molar-refractivity contribution < 1.29 is 0 Å². The van der Waals surface area contributed by atoms with Gasteiger partial charge in [-0.05, 0) is 51.3 Å². The molecule has 0 saturated heterocycles. The lowest BCUT2D eigenvalue weighted by molar-refractivity contribution is 0.258. The summed E-state index contributed by atoms with van der Waals surface area (Å²) in [5, 5.41) is 3.39. The molecule has 4 heteroatoms. The van der Waals surface area contributed by atoms with Crippen LogP contribution in [-0.4, -0.2) is 9.47 Å². The molecule has 1 aliphatic rings. The van der Waals surface area contributed by atoms with Gasteiger partial charge in [0.15, 0.2) is 4.57 Å². The lowest BCUT2D eigenvalue weighted by Gasteiger charge is -2.32. The molecule has 1 atom stereocenters. The van der Waals surface area contributed by atoms with E-state index in [-0.39, 0.29) is 4.57 Å². The smallest absolute Gasteiger partial charge is 0.165 e. The predicted octanol–water partition coefficient (Wildman–Crippen LogP) is 3.74. The molecule has 1 aromatic rings. The molecule has 0 saturated carbocycles. The summed E-state index contributed by atoms with van der Waals surface area (Å²) in [4.78, 5) is 2.25. The molecule has 0 bridgehead atoms. The summed E-state index contributed by atoms with van der Waals surface area (Å²) in [6, 6.07) is 10.4. The first-order chi connectivity index (χ1) is 7.50. The van der Waals surface area contributed by atoms with Crippen molar-refractivity contribution in [2.24, 2.45) is 0 Å². The van der Waals surface area contributed by atoms with Crippen LogP contribution in [-0.2, 0) is 6.54 Å². The molecule has 0 radical (unpaired) electrons. The summed E-state index contributed by atoms with van der Waals surface area (Å²) in [6.07, 6.45) is 0. The number of hydrogen-bond donors (Lipinski definition) is 1. The molecule has 2 rings (SSSR count). The third-order valence-electron chi connectivity index (χ3n) is 2.65. The largest absolute Gasteiger partial charge is 0.355 e. The average Bonchev–Trinajstić information content (AvgIpc) is 2.42. The maximum absolute atomic E-state index is 3.69. The van der Waals surface area contributed by atoms with Crippen LogP contribution in [0.4, 0.5) is 0 Å². The number of hydrogen-bond acceptors (Lipinski definition) is 2. The average molecular weight is 346 g/mol. The molecule has 0 spiro atoms. The van der Waals surface area contributed by atoms with E-state index in [1.807, 2.05) is 6.07 Å². The predicted molar refractivity (Wildman–Crippen MR) is 74.1 cm³/mol. The second kappa shape index (κ2) is 4.41. The first kappa shape index (κ1) is 12.0. The minimum absolute atomic E-state index is 0.217. The van der Waals surface area contributed by atoms with E-state index >= 15 is 0 Å². The molecule has 1 N–H and O–H groups in total. The number of halogens is 2. The number of nitrogens with zero attached hydrogens (tertiary/aromatic N) is 1. The SMILES string of the molecule is CC1=C(Br)N(Cc2ccccc2)C(C)(Br)N1. The van der Waals surface area contributed by atoms with Crippen LogP contribution in [0.2, 0.25) is 0 Å². The van der Waals surface area contributed by atoms with E-state index < -0.39 is 0 Å². The van der Waals surface area contributed by atoms with Gasteiger partial charge < -0.3 is 10.2 Å². The Hall–Kier alpha value is -0.480. The third-order valence-corrected chi connectivity index (χ3v) is 4.30. The van der Waals surface area contributed by atoms with Crippen molar-refractivity contribution in [2.45, 2.75) is 25.0 Å². The fourth-order valence-corrected chi connectivity index (χ4v) is 3.25. The molecular formula is C12H14Br2N2. The van der Waals surface area contributed by atoms with Gasteiger partial charge >= 0.3 is 0 Å². The maximum Gasteiger partial charge on any atom is 0.165 e. The Morgan fingerprint density at radius 3 is 2.44 bits per heavy atom. The molecule has 16 heavy (non-hydrogen) atoms. The fraction of sp³-hybridized carbons (Fsp3) is 0.333. The van der Waals surface area contributed by atoms with Gasteiger partial charge in [0, 0.05) is 12.2 Å². The standard InChI is InChI=1S/C12H14Br2N2/c1-9-11(13)16(12(2,14)15-9)8-10-6-4-3-5-7-10/h3-7,15H,8H2,1-2H3. The second-order valence-corrected chi connectivity index (χ2v) is 6.36. The van der Waals surface area contributed by atoms with E-state index in [1.54, 1.807) is 0 Å². The first-order valence-corrected chi connectivity index (χ1v) is 6.74. The zero-order valence-corrected chi connectivity index (χ0v) is 12.5. The zero-order chi connectivity index (χ0) is 11.8. The summed E-state index contributed by atoms with van der Waals surface area (Å²) in [5.74, 6) is 0. The van der Waals surface area contributed by atoms with Gasteiger partial charge in [0.25, 0.3) is 0 Å². The van der Waals surface area contributed by atoms with Crippen molar-refractivity contribution in [3.63, 3.8) is 0 Å². The summed E-state index contributed by atoms with van der Waals surface area (Å²) in [5.41, 5.74) is 2.44. The number of alkyl halides is 1. The quantitative estimate of drug-likeness (QED) is 0.648. The molecule has 1 heterocycles. The monoisotopic (exact) mass is 344 g/mol. The summed E-state index contributed by atoms with van der Waals surface area (Å²) < 4.78 is 0.891. The van der Waals surface area contributed by atoms with Crippen molar-refractivity contribution >= 4 is 31.9 Å². The molecule has 86 valence electrons. The molecule has 1 unspecified atom stereocenters. The van der Waals surface area contributed by atoms with Crippen LogP contribution < -0.4 is 5.32 Å². The van der Waals surface area contributed by atoms with E-state index in [0.717, 1.165) is 16.8 Å². The second-order valence-electron chi connectivity index (χ2n) is 4.07. The first-order valence-electron chi connectivity index (χ1n) is 5.16. The van der Waals surface area contributed by atoms with Crippen molar-refractivity contribution in [1.29, 1.82) is 0 Å². The van der Waals surface area contributed by atoms with Gasteiger partial charge in [0.1, 0.15) is 4.61 Å². The molecule has 1 aliphatic heterocycles. The van der Waals surface area contributed by atoms with Crippen LogP contribution in [0, 0.1) is 0 Å². The Labute approximate surface area is 113 Å². The summed E-state index contributed by atoms with van der Waals surface area (Å²) in [6.45, 7) is 5.04. The van der Waals surface area contributed by atoms with Crippen LogP contribution in [0.5, 0.6) is 0 Å². The van der Waals surface area contributed by atoms with Crippen molar-refractivity contribution in [2.75, 3.05) is 0 Å².